The maximum Gasteiger partial charge on any atom is 0.204 e. The number of oxazole rings is 1. The molecule has 0 aliphatic heterocycles. The van der Waals surface area contributed by atoms with Gasteiger partial charge in [-0.1, -0.05) is 67.6 Å². The predicted molar refractivity (Wildman–Crippen MR) is 99.9 cm³/mol. The Kier molecular flexibility index (Phi) is 5.19. The van der Waals surface area contributed by atoms with E-state index < -0.39 is 5.92 Å². The van der Waals surface area contributed by atoms with Crippen molar-refractivity contribution in [3.63, 3.8) is 0 Å². The van der Waals surface area contributed by atoms with Crippen LogP contribution < -0.4 is 0 Å². The summed E-state index contributed by atoms with van der Waals surface area (Å²) in [6, 6.07) is 19.4. The third kappa shape index (κ3) is 3.58. The zero-order chi connectivity index (χ0) is 17.6. The van der Waals surface area contributed by atoms with Gasteiger partial charge in [0.1, 0.15) is 6.26 Å². The van der Waals surface area contributed by atoms with E-state index >= 15 is 0 Å². The molecule has 4 nitrogen and oxygen atoms in total. The van der Waals surface area contributed by atoms with E-state index in [2.05, 4.69) is 4.98 Å². The molecule has 1 aromatic heterocycles. The van der Waals surface area contributed by atoms with Gasteiger partial charge in [-0.25, -0.2) is 4.98 Å². The van der Waals surface area contributed by atoms with Crippen LogP contribution >= 0.6 is 0 Å². The van der Waals surface area contributed by atoms with Crippen molar-refractivity contribution >= 4 is 11.9 Å². The van der Waals surface area contributed by atoms with Gasteiger partial charge in [0.2, 0.25) is 5.89 Å². The molecule has 0 amide bonds. The summed E-state index contributed by atoms with van der Waals surface area (Å²) in [6.07, 6.45) is 3.80. The van der Waals surface area contributed by atoms with Gasteiger partial charge in [0.05, 0.1) is 17.3 Å². The average molecular weight is 331 g/mol. The minimum Gasteiger partial charge on any atom is -0.448 e. The summed E-state index contributed by atoms with van der Waals surface area (Å²) in [7, 11) is 0. The number of hydrogen-bond acceptors (Lipinski definition) is 4. The first-order chi connectivity index (χ1) is 12.2. The molecule has 0 saturated heterocycles. The van der Waals surface area contributed by atoms with Crippen molar-refractivity contribution in [3.8, 4) is 0 Å². The summed E-state index contributed by atoms with van der Waals surface area (Å²) in [5.74, 6) is -0.261. The SMILES string of the molecule is CCc1coc(C(C(=N)c2ccccc2)C(C=N)c2ccccc2)n1. The second kappa shape index (κ2) is 7.71. The summed E-state index contributed by atoms with van der Waals surface area (Å²) in [5, 5.41) is 16.8. The van der Waals surface area contributed by atoms with Crippen LogP contribution in [0, 0.1) is 10.8 Å². The van der Waals surface area contributed by atoms with E-state index in [9.17, 15) is 0 Å². The first-order valence-electron chi connectivity index (χ1n) is 8.38. The minimum atomic E-state index is -0.442. The summed E-state index contributed by atoms with van der Waals surface area (Å²) < 4.78 is 5.71. The molecule has 4 heteroatoms. The molecule has 2 N–H and O–H groups in total. The zero-order valence-corrected chi connectivity index (χ0v) is 14.1. The molecule has 0 spiro atoms. The van der Waals surface area contributed by atoms with Crippen LogP contribution in [0.3, 0.4) is 0 Å². The fourth-order valence-electron chi connectivity index (χ4n) is 2.94. The van der Waals surface area contributed by atoms with E-state index in [1.165, 1.54) is 6.21 Å². The third-order valence-corrected chi connectivity index (χ3v) is 4.32. The van der Waals surface area contributed by atoms with Gasteiger partial charge < -0.3 is 15.2 Å². The van der Waals surface area contributed by atoms with Crippen LogP contribution in [-0.4, -0.2) is 16.9 Å². The van der Waals surface area contributed by atoms with Crippen LogP contribution in [0.4, 0.5) is 0 Å². The van der Waals surface area contributed by atoms with Crippen LogP contribution in [0.2, 0.25) is 0 Å². The fraction of sp³-hybridized carbons (Fsp3) is 0.190. The lowest BCUT2D eigenvalue weighted by molar-refractivity contribution is 0.474. The normalized spacial score (nSPS) is 13.2. The second-order valence-corrected chi connectivity index (χ2v) is 5.89. The molecule has 0 aliphatic carbocycles. The maximum absolute atomic E-state index is 8.77. The number of hydrogen-bond donors (Lipinski definition) is 2. The highest BCUT2D eigenvalue weighted by atomic mass is 16.3. The molecule has 25 heavy (non-hydrogen) atoms. The number of aryl methyl sites for hydroxylation is 1. The van der Waals surface area contributed by atoms with E-state index in [1.54, 1.807) is 6.26 Å². The number of rotatable bonds is 7. The van der Waals surface area contributed by atoms with Crippen molar-refractivity contribution in [2.45, 2.75) is 25.2 Å². The molecule has 2 aromatic carbocycles. The van der Waals surface area contributed by atoms with Gasteiger partial charge in [-0.05, 0) is 17.5 Å². The second-order valence-electron chi connectivity index (χ2n) is 5.89. The van der Waals surface area contributed by atoms with Gasteiger partial charge in [-0.15, -0.1) is 0 Å². The summed E-state index contributed by atoms with van der Waals surface area (Å²) in [5.41, 5.74) is 3.05. The molecule has 1 heterocycles. The van der Waals surface area contributed by atoms with E-state index in [0.29, 0.717) is 11.6 Å². The monoisotopic (exact) mass is 331 g/mol. The van der Waals surface area contributed by atoms with E-state index in [0.717, 1.165) is 23.2 Å². The Hall–Kier alpha value is -3.01. The quantitative estimate of drug-likeness (QED) is 0.609. The lowest BCUT2D eigenvalue weighted by atomic mass is 9.81. The standard InChI is InChI=1S/C21H21N3O/c1-2-17-14-25-21(24-17)19(20(23)16-11-7-4-8-12-16)18(13-22)15-9-5-3-6-10-15/h3-14,18-19,22-23H,2H2,1H3. The minimum absolute atomic E-state index is 0.308. The van der Waals surface area contributed by atoms with E-state index in [1.807, 2.05) is 67.6 Å². The predicted octanol–water partition coefficient (Wildman–Crippen LogP) is 4.82. The van der Waals surface area contributed by atoms with Gasteiger partial charge in [0, 0.05) is 12.1 Å². The van der Waals surface area contributed by atoms with E-state index in [4.69, 9.17) is 15.2 Å². The summed E-state index contributed by atoms with van der Waals surface area (Å²) in [4.78, 5) is 4.56. The third-order valence-electron chi connectivity index (χ3n) is 4.32. The lowest BCUT2D eigenvalue weighted by Crippen LogP contribution is -2.22. The van der Waals surface area contributed by atoms with Gasteiger partial charge in [-0.2, -0.15) is 0 Å². The van der Waals surface area contributed by atoms with Gasteiger partial charge in [0.15, 0.2) is 0 Å². The average Bonchev–Trinajstić information content (AvgIpc) is 3.15. The highest BCUT2D eigenvalue weighted by Gasteiger charge is 2.32. The van der Waals surface area contributed by atoms with Crippen molar-refractivity contribution in [1.29, 1.82) is 10.8 Å². The Morgan fingerprint density at radius 1 is 1.08 bits per heavy atom. The molecular formula is C21H21N3O. The van der Waals surface area contributed by atoms with Crippen LogP contribution in [0.15, 0.2) is 71.3 Å². The highest BCUT2D eigenvalue weighted by molar-refractivity contribution is 6.04. The first kappa shape index (κ1) is 16.8. The Labute approximate surface area is 147 Å². The summed E-state index contributed by atoms with van der Waals surface area (Å²) >= 11 is 0. The molecule has 0 bridgehead atoms. The van der Waals surface area contributed by atoms with Crippen LogP contribution in [-0.2, 0) is 6.42 Å². The fourth-order valence-corrected chi connectivity index (χ4v) is 2.94. The Bertz CT molecular complexity index is 840. The molecule has 0 aliphatic rings. The number of nitrogens with one attached hydrogen (secondary N) is 2. The Morgan fingerprint density at radius 2 is 1.72 bits per heavy atom. The Morgan fingerprint density at radius 3 is 2.28 bits per heavy atom. The zero-order valence-electron chi connectivity index (χ0n) is 14.1. The number of aromatic nitrogens is 1. The smallest absolute Gasteiger partial charge is 0.204 e. The first-order valence-corrected chi connectivity index (χ1v) is 8.38. The lowest BCUT2D eigenvalue weighted by Gasteiger charge is -2.23. The molecule has 2 atom stereocenters. The molecular weight excluding hydrogens is 310 g/mol. The molecule has 0 fully saturated rings. The molecule has 126 valence electrons. The topological polar surface area (TPSA) is 73.7 Å². The van der Waals surface area contributed by atoms with Gasteiger partial charge in [0.25, 0.3) is 0 Å². The number of benzene rings is 2. The van der Waals surface area contributed by atoms with Crippen molar-refractivity contribution in [3.05, 3.63) is 89.6 Å². The van der Waals surface area contributed by atoms with Crippen LogP contribution in [0.1, 0.15) is 41.5 Å². The van der Waals surface area contributed by atoms with Crippen molar-refractivity contribution in [1.82, 2.24) is 4.98 Å². The number of nitrogens with zero attached hydrogens (tertiary/aromatic N) is 1. The highest BCUT2D eigenvalue weighted by Crippen LogP contribution is 2.34. The molecule has 3 rings (SSSR count). The largest absolute Gasteiger partial charge is 0.448 e. The molecule has 3 aromatic rings. The molecule has 2 unspecified atom stereocenters. The van der Waals surface area contributed by atoms with Crippen molar-refractivity contribution in [2.24, 2.45) is 0 Å². The van der Waals surface area contributed by atoms with E-state index in [-0.39, 0.29) is 5.92 Å². The molecule has 0 saturated carbocycles. The van der Waals surface area contributed by atoms with Crippen LogP contribution in [0.25, 0.3) is 0 Å². The summed E-state index contributed by atoms with van der Waals surface area (Å²) in [6.45, 7) is 2.02. The molecule has 0 radical (unpaired) electrons. The van der Waals surface area contributed by atoms with Crippen LogP contribution in [0.5, 0.6) is 0 Å². The van der Waals surface area contributed by atoms with Crippen molar-refractivity contribution in [2.75, 3.05) is 0 Å². The Balaban J connectivity index is 2.08. The maximum atomic E-state index is 8.77. The van der Waals surface area contributed by atoms with Gasteiger partial charge in [-0.3, -0.25) is 0 Å². The van der Waals surface area contributed by atoms with Gasteiger partial charge >= 0.3 is 0 Å². The van der Waals surface area contributed by atoms with Crippen molar-refractivity contribution < 1.29 is 4.42 Å².